The van der Waals surface area contributed by atoms with E-state index in [2.05, 4.69) is 41.5 Å². The smallest absolute Gasteiger partial charge is 0.224 e. The van der Waals surface area contributed by atoms with Crippen molar-refractivity contribution in [2.75, 3.05) is 0 Å². The fourth-order valence-corrected chi connectivity index (χ4v) is 2.47. The number of halogens is 1. The van der Waals surface area contributed by atoms with Crippen LogP contribution in [-0.2, 0) is 22.0 Å². The highest BCUT2D eigenvalue weighted by Gasteiger charge is 2.27. The Labute approximate surface area is 133 Å². The van der Waals surface area contributed by atoms with Crippen LogP contribution in [0.1, 0.15) is 65.2 Å². The third-order valence-electron chi connectivity index (χ3n) is 3.72. The van der Waals surface area contributed by atoms with Crippen molar-refractivity contribution in [3.8, 4) is 5.75 Å². The maximum Gasteiger partial charge on any atom is 0.224 e. The Bertz CT molecular complexity index is 498. The summed E-state index contributed by atoms with van der Waals surface area (Å²) in [7, 11) is 0. The molecule has 0 amide bonds. The zero-order valence-electron chi connectivity index (χ0n) is 14.2. The van der Waals surface area contributed by atoms with Gasteiger partial charge in [0.15, 0.2) is 0 Å². The van der Waals surface area contributed by atoms with Gasteiger partial charge in [-0.25, -0.2) is 0 Å². The molecule has 0 heterocycles. The Kier molecular flexibility index (Phi) is 5.15. The van der Waals surface area contributed by atoms with Gasteiger partial charge in [-0.15, -0.1) is 0 Å². The molecule has 118 valence electrons. The Morgan fingerprint density at radius 3 is 1.76 bits per heavy atom. The van der Waals surface area contributed by atoms with Crippen LogP contribution in [0, 0.1) is 5.92 Å². The van der Waals surface area contributed by atoms with Gasteiger partial charge in [0.1, 0.15) is 5.75 Å². The molecule has 3 heteroatoms. The van der Waals surface area contributed by atoms with Crippen molar-refractivity contribution in [2.45, 2.75) is 65.7 Å². The largest absolute Gasteiger partial charge is 0.507 e. The molecule has 0 aliphatic heterocycles. The molecule has 1 aromatic carbocycles. The van der Waals surface area contributed by atoms with E-state index in [9.17, 15) is 9.90 Å². The Hall–Kier alpha value is -1.02. The first-order valence-corrected chi connectivity index (χ1v) is 7.78. The van der Waals surface area contributed by atoms with Gasteiger partial charge in [-0.3, -0.25) is 4.79 Å². The van der Waals surface area contributed by atoms with Crippen molar-refractivity contribution < 1.29 is 9.90 Å². The van der Waals surface area contributed by atoms with E-state index in [0.29, 0.717) is 12.2 Å². The van der Waals surface area contributed by atoms with Crippen LogP contribution in [0.15, 0.2) is 12.1 Å². The molecular weight excluding hydrogens is 284 g/mol. The molecule has 1 N–H and O–H groups in total. The van der Waals surface area contributed by atoms with Gasteiger partial charge < -0.3 is 5.11 Å². The summed E-state index contributed by atoms with van der Waals surface area (Å²) in [5.41, 5.74) is 2.56. The first-order chi connectivity index (χ1) is 9.34. The molecule has 0 radical (unpaired) electrons. The van der Waals surface area contributed by atoms with Gasteiger partial charge in [-0.1, -0.05) is 60.6 Å². The van der Waals surface area contributed by atoms with Crippen LogP contribution in [0.25, 0.3) is 0 Å². The monoisotopic (exact) mass is 310 g/mol. The number of benzene rings is 1. The number of rotatable bonds is 3. The molecule has 1 rings (SSSR count). The Balaban J connectivity index is 3.44. The van der Waals surface area contributed by atoms with E-state index in [1.165, 1.54) is 0 Å². The maximum absolute atomic E-state index is 11.3. The molecular formula is C18H27ClO2. The number of carbonyl (C=O) groups is 1. The van der Waals surface area contributed by atoms with Gasteiger partial charge in [0.2, 0.25) is 5.24 Å². The van der Waals surface area contributed by atoms with Crippen molar-refractivity contribution in [1.29, 1.82) is 0 Å². The second-order valence-corrected chi connectivity index (χ2v) is 8.32. The summed E-state index contributed by atoms with van der Waals surface area (Å²) in [6, 6.07) is 4.00. The Morgan fingerprint density at radius 2 is 1.48 bits per heavy atom. The van der Waals surface area contributed by atoms with Crippen molar-refractivity contribution in [2.24, 2.45) is 5.92 Å². The van der Waals surface area contributed by atoms with Crippen LogP contribution in [0.5, 0.6) is 5.75 Å². The lowest BCUT2D eigenvalue weighted by Crippen LogP contribution is -2.18. The van der Waals surface area contributed by atoms with E-state index in [-0.39, 0.29) is 22.0 Å². The third kappa shape index (κ3) is 4.47. The lowest BCUT2D eigenvalue weighted by atomic mass is 9.77. The molecule has 0 aliphatic rings. The van der Waals surface area contributed by atoms with Crippen LogP contribution in [0.2, 0.25) is 0 Å². The van der Waals surface area contributed by atoms with E-state index in [4.69, 9.17) is 11.6 Å². The fourth-order valence-electron chi connectivity index (χ4n) is 2.39. The zero-order valence-corrected chi connectivity index (χ0v) is 14.9. The van der Waals surface area contributed by atoms with Crippen molar-refractivity contribution >= 4 is 16.8 Å². The molecule has 0 saturated heterocycles. The number of phenolic OH excluding ortho intramolecular Hbond substituents is 1. The average molecular weight is 311 g/mol. The summed E-state index contributed by atoms with van der Waals surface area (Å²) in [5, 5.41) is 10.3. The first kappa shape index (κ1) is 18.0. The van der Waals surface area contributed by atoms with E-state index in [0.717, 1.165) is 16.7 Å². The van der Waals surface area contributed by atoms with Crippen LogP contribution < -0.4 is 0 Å². The van der Waals surface area contributed by atoms with Gasteiger partial charge >= 0.3 is 0 Å². The lowest BCUT2D eigenvalue weighted by molar-refractivity contribution is -0.114. The van der Waals surface area contributed by atoms with Crippen molar-refractivity contribution in [3.05, 3.63) is 28.8 Å². The minimum absolute atomic E-state index is 0.158. The fraction of sp³-hybridized carbons (Fsp3) is 0.611. The predicted octanol–water partition coefficient (Wildman–Crippen LogP) is 4.93. The normalized spacial score (nSPS) is 14.1. The summed E-state index contributed by atoms with van der Waals surface area (Å²) < 4.78 is 0. The van der Waals surface area contributed by atoms with Crippen LogP contribution in [-0.4, -0.2) is 10.3 Å². The van der Waals surface area contributed by atoms with Crippen LogP contribution in [0.3, 0.4) is 0 Å². The second kappa shape index (κ2) is 6.00. The molecule has 0 spiro atoms. The van der Waals surface area contributed by atoms with Gasteiger partial charge in [0.25, 0.3) is 0 Å². The van der Waals surface area contributed by atoms with E-state index in [1.54, 1.807) is 0 Å². The molecule has 0 aromatic heterocycles. The molecule has 21 heavy (non-hydrogen) atoms. The highest BCUT2D eigenvalue weighted by Crippen LogP contribution is 2.40. The number of hydrogen-bond donors (Lipinski definition) is 1. The molecule has 0 saturated carbocycles. The molecule has 1 unspecified atom stereocenters. The second-order valence-electron chi connectivity index (χ2n) is 7.95. The van der Waals surface area contributed by atoms with Gasteiger partial charge in [0, 0.05) is 5.92 Å². The number of carbonyl (C=O) groups excluding carboxylic acids is 1. The highest BCUT2D eigenvalue weighted by atomic mass is 35.5. The molecule has 1 aromatic rings. The van der Waals surface area contributed by atoms with Gasteiger partial charge in [-0.05, 0) is 45.5 Å². The summed E-state index contributed by atoms with van der Waals surface area (Å²) in [6.45, 7) is 14.3. The average Bonchev–Trinajstić information content (AvgIpc) is 2.27. The van der Waals surface area contributed by atoms with E-state index in [1.807, 2.05) is 19.1 Å². The number of hydrogen-bond acceptors (Lipinski definition) is 2. The van der Waals surface area contributed by atoms with Crippen LogP contribution in [0.4, 0.5) is 0 Å². The first-order valence-electron chi connectivity index (χ1n) is 7.40. The standard InChI is InChI=1S/C18H27ClO2/c1-11(16(19)21)8-12-9-13(17(2,3)4)15(20)14(10-12)18(5,6)7/h9-11,20H,8H2,1-7H3. The summed E-state index contributed by atoms with van der Waals surface area (Å²) in [4.78, 5) is 11.3. The maximum atomic E-state index is 11.3. The predicted molar refractivity (Wildman–Crippen MR) is 89.2 cm³/mol. The third-order valence-corrected chi connectivity index (χ3v) is 4.09. The van der Waals surface area contributed by atoms with E-state index >= 15 is 0 Å². The molecule has 2 nitrogen and oxygen atoms in total. The summed E-state index contributed by atoms with van der Waals surface area (Å²) >= 11 is 5.58. The summed E-state index contributed by atoms with van der Waals surface area (Å²) in [6.07, 6.45) is 0.592. The lowest BCUT2D eigenvalue weighted by Gasteiger charge is -2.28. The Morgan fingerprint density at radius 1 is 1.10 bits per heavy atom. The minimum atomic E-state index is -0.322. The zero-order chi connectivity index (χ0) is 16.6. The topological polar surface area (TPSA) is 37.3 Å². The van der Waals surface area contributed by atoms with Crippen LogP contribution >= 0.6 is 11.6 Å². The molecule has 0 bridgehead atoms. The SMILES string of the molecule is CC(Cc1cc(C(C)(C)C)c(O)c(C(C)(C)C)c1)C(=O)Cl. The number of aromatic hydroxyl groups is 1. The van der Waals surface area contributed by atoms with Gasteiger partial charge in [-0.2, -0.15) is 0 Å². The van der Waals surface area contributed by atoms with E-state index < -0.39 is 0 Å². The summed E-state index contributed by atoms with van der Waals surface area (Å²) in [5.74, 6) is 0.139. The highest BCUT2D eigenvalue weighted by molar-refractivity contribution is 6.63. The quantitative estimate of drug-likeness (QED) is 0.804. The molecule has 1 atom stereocenters. The van der Waals surface area contributed by atoms with Crippen molar-refractivity contribution in [1.82, 2.24) is 0 Å². The number of phenols is 1. The molecule has 0 aliphatic carbocycles. The van der Waals surface area contributed by atoms with Gasteiger partial charge in [0.05, 0.1) is 0 Å². The molecule has 0 fully saturated rings. The van der Waals surface area contributed by atoms with Crippen molar-refractivity contribution in [3.63, 3.8) is 0 Å². The minimum Gasteiger partial charge on any atom is -0.507 e.